The Labute approximate surface area is 108 Å². The molecule has 5 heteroatoms. The van der Waals surface area contributed by atoms with E-state index in [0.29, 0.717) is 12.3 Å². The molecule has 1 rings (SSSR count). The van der Waals surface area contributed by atoms with Crippen molar-refractivity contribution in [2.75, 3.05) is 0 Å². The number of aromatic nitrogens is 3. The maximum atomic E-state index is 11.3. The molecule has 1 heterocycles. The maximum Gasteiger partial charge on any atom is 0.307 e. The monoisotopic (exact) mass is 253 g/mol. The van der Waals surface area contributed by atoms with Crippen LogP contribution in [0.4, 0.5) is 0 Å². The van der Waals surface area contributed by atoms with Gasteiger partial charge in [-0.2, -0.15) is 5.10 Å². The summed E-state index contributed by atoms with van der Waals surface area (Å²) in [6.45, 7) is 10.8. The largest absolute Gasteiger partial charge is 0.481 e. The topological polar surface area (TPSA) is 68.0 Å². The molecule has 0 aliphatic carbocycles. The van der Waals surface area contributed by atoms with Crippen molar-refractivity contribution >= 4 is 5.97 Å². The minimum Gasteiger partial charge on any atom is -0.481 e. The third-order valence-corrected chi connectivity index (χ3v) is 2.96. The van der Waals surface area contributed by atoms with Gasteiger partial charge in [-0.3, -0.25) is 4.79 Å². The second-order valence-corrected chi connectivity index (χ2v) is 6.21. The van der Waals surface area contributed by atoms with Crippen LogP contribution in [-0.2, 0) is 17.8 Å². The molecule has 0 aromatic carbocycles. The highest BCUT2D eigenvalue weighted by atomic mass is 16.4. The van der Waals surface area contributed by atoms with Crippen molar-refractivity contribution in [1.29, 1.82) is 0 Å². The fourth-order valence-corrected chi connectivity index (χ4v) is 1.89. The first-order chi connectivity index (χ1) is 8.21. The van der Waals surface area contributed by atoms with Gasteiger partial charge in [0, 0.05) is 13.0 Å². The minimum atomic E-state index is -0.776. The molecule has 1 atom stereocenters. The second kappa shape index (κ2) is 5.50. The number of hydrogen-bond donors (Lipinski definition) is 1. The van der Waals surface area contributed by atoms with Crippen molar-refractivity contribution in [2.24, 2.45) is 17.3 Å². The van der Waals surface area contributed by atoms with E-state index in [-0.39, 0.29) is 5.41 Å². The predicted molar refractivity (Wildman–Crippen MR) is 69.1 cm³/mol. The number of carboxylic acids is 1. The second-order valence-electron chi connectivity index (χ2n) is 6.21. The zero-order chi connectivity index (χ0) is 13.9. The van der Waals surface area contributed by atoms with Crippen LogP contribution in [0.15, 0.2) is 6.33 Å². The van der Waals surface area contributed by atoms with Crippen LogP contribution >= 0.6 is 0 Å². The standard InChI is InChI=1S/C13H23N3O2/c1-9(2)7-16-11(14-8-15-16)6-10(12(17)18)13(3,4)5/h8-10H,6-7H2,1-5H3,(H,17,18). The zero-order valence-electron chi connectivity index (χ0n) is 11.8. The minimum absolute atomic E-state index is 0.291. The Morgan fingerprint density at radius 1 is 1.44 bits per heavy atom. The molecule has 0 aliphatic heterocycles. The molecule has 0 saturated heterocycles. The Hall–Kier alpha value is -1.39. The molecule has 1 N–H and O–H groups in total. The average Bonchev–Trinajstić information content (AvgIpc) is 2.58. The van der Waals surface area contributed by atoms with Crippen molar-refractivity contribution in [1.82, 2.24) is 14.8 Å². The lowest BCUT2D eigenvalue weighted by atomic mass is 9.78. The molecule has 1 aromatic rings. The summed E-state index contributed by atoms with van der Waals surface area (Å²) in [4.78, 5) is 15.5. The van der Waals surface area contributed by atoms with E-state index in [9.17, 15) is 9.90 Å². The van der Waals surface area contributed by atoms with Crippen molar-refractivity contribution in [3.63, 3.8) is 0 Å². The first-order valence-electron chi connectivity index (χ1n) is 6.31. The summed E-state index contributed by atoms with van der Waals surface area (Å²) >= 11 is 0. The fourth-order valence-electron chi connectivity index (χ4n) is 1.89. The van der Waals surface area contributed by atoms with E-state index in [4.69, 9.17) is 0 Å². The van der Waals surface area contributed by atoms with Gasteiger partial charge in [0.1, 0.15) is 12.2 Å². The summed E-state index contributed by atoms with van der Waals surface area (Å²) in [6.07, 6.45) is 1.92. The summed E-state index contributed by atoms with van der Waals surface area (Å²) < 4.78 is 1.81. The van der Waals surface area contributed by atoms with E-state index >= 15 is 0 Å². The summed E-state index contributed by atoms with van der Waals surface area (Å²) in [5.41, 5.74) is -0.291. The van der Waals surface area contributed by atoms with E-state index in [1.54, 1.807) is 0 Å². The Balaban J connectivity index is 2.88. The normalized spacial score (nSPS) is 13.9. The van der Waals surface area contributed by atoms with E-state index in [0.717, 1.165) is 12.4 Å². The summed E-state index contributed by atoms with van der Waals surface area (Å²) in [6, 6.07) is 0. The molecule has 0 radical (unpaired) electrons. The van der Waals surface area contributed by atoms with Gasteiger partial charge in [-0.25, -0.2) is 9.67 Å². The Kier molecular flexibility index (Phi) is 4.48. The first-order valence-corrected chi connectivity index (χ1v) is 6.31. The summed E-state index contributed by atoms with van der Waals surface area (Å²) in [5.74, 6) is -0.0106. The lowest BCUT2D eigenvalue weighted by Gasteiger charge is -2.26. The molecule has 1 aromatic heterocycles. The van der Waals surface area contributed by atoms with Crippen LogP contribution in [0.2, 0.25) is 0 Å². The van der Waals surface area contributed by atoms with Gasteiger partial charge in [0.15, 0.2) is 0 Å². The van der Waals surface area contributed by atoms with Crippen LogP contribution in [0.1, 0.15) is 40.4 Å². The third-order valence-electron chi connectivity index (χ3n) is 2.96. The van der Waals surface area contributed by atoms with Gasteiger partial charge < -0.3 is 5.11 Å². The quantitative estimate of drug-likeness (QED) is 0.873. The molecule has 0 spiro atoms. The third kappa shape index (κ3) is 3.82. The molecule has 102 valence electrons. The lowest BCUT2D eigenvalue weighted by molar-refractivity contribution is -0.145. The first kappa shape index (κ1) is 14.7. The van der Waals surface area contributed by atoms with Gasteiger partial charge in [0.2, 0.25) is 0 Å². The molecular weight excluding hydrogens is 230 g/mol. The van der Waals surface area contributed by atoms with Gasteiger partial charge in [-0.1, -0.05) is 34.6 Å². The van der Waals surface area contributed by atoms with Crippen molar-refractivity contribution < 1.29 is 9.90 Å². The van der Waals surface area contributed by atoms with Gasteiger partial charge in [-0.15, -0.1) is 0 Å². The predicted octanol–water partition coefficient (Wildman–Crippen LogP) is 2.22. The zero-order valence-corrected chi connectivity index (χ0v) is 11.8. The van der Waals surface area contributed by atoms with Gasteiger partial charge in [-0.05, 0) is 11.3 Å². The van der Waals surface area contributed by atoms with Crippen LogP contribution in [0.25, 0.3) is 0 Å². The average molecular weight is 253 g/mol. The Morgan fingerprint density at radius 2 is 2.06 bits per heavy atom. The van der Waals surface area contributed by atoms with Crippen LogP contribution in [-0.4, -0.2) is 25.8 Å². The molecule has 0 bridgehead atoms. The van der Waals surface area contributed by atoms with E-state index in [2.05, 4.69) is 23.9 Å². The van der Waals surface area contributed by atoms with Gasteiger partial charge in [0.05, 0.1) is 5.92 Å². The van der Waals surface area contributed by atoms with Crippen LogP contribution < -0.4 is 0 Å². The molecule has 0 amide bonds. The van der Waals surface area contributed by atoms with E-state index in [1.807, 2.05) is 25.5 Å². The fraction of sp³-hybridized carbons (Fsp3) is 0.769. The number of aliphatic carboxylic acids is 1. The highest BCUT2D eigenvalue weighted by Gasteiger charge is 2.32. The molecular formula is C13H23N3O2. The number of carboxylic acid groups (broad SMARTS) is 1. The highest BCUT2D eigenvalue weighted by Crippen LogP contribution is 2.28. The molecule has 1 unspecified atom stereocenters. The number of carbonyl (C=O) groups is 1. The van der Waals surface area contributed by atoms with E-state index in [1.165, 1.54) is 6.33 Å². The summed E-state index contributed by atoms with van der Waals surface area (Å²) in [7, 11) is 0. The van der Waals surface area contributed by atoms with E-state index < -0.39 is 11.9 Å². The van der Waals surface area contributed by atoms with Crippen LogP contribution in [0.3, 0.4) is 0 Å². The SMILES string of the molecule is CC(C)Cn1ncnc1CC(C(=O)O)C(C)(C)C. The lowest BCUT2D eigenvalue weighted by Crippen LogP contribution is -2.31. The number of rotatable bonds is 5. The molecule has 5 nitrogen and oxygen atoms in total. The smallest absolute Gasteiger partial charge is 0.307 e. The van der Waals surface area contributed by atoms with Crippen molar-refractivity contribution in [2.45, 2.75) is 47.6 Å². The molecule has 0 fully saturated rings. The molecule has 0 saturated carbocycles. The van der Waals surface area contributed by atoms with Gasteiger partial charge >= 0.3 is 5.97 Å². The molecule has 18 heavy (non-hydrogen) atoms. The number of nitrogens with zero attached hydrogens (tertiary/aromatic N) is 3. The maximum absolute atomic E-state index is 11.3. The number of hydrogen-bond acceptors (Lipinski definition) is 3. The van der Waals surface area contributed by atoms with Crippen LogP contribution in [0, 0.1) is 17.3 Å². The highest BCUT2D eigenvalue weighted by molar-refractivity contribution is 5.71. The summed E-state index contributed by atoms with van der Waals surface area (Å²) in [5, 5.41) is 13.5. The Bertz CT molecular complexity index is 405. The molecule has 0 aliphatic rings. The van der Waals surface area contributed by atoms with Gasteiger partial charge in [0.25, 0.3) is 0 Å². The van der Waals surface area contributed by atoms with Crippen LogP contribution in [0.5, 0.6) is 0 Å². The van der Waals surface area contributed by atoms with Crippen molar-refractivity contribution in [3.05, 3.63) is 12.2 Å². The Morgan fingerprint density at radius 3 is 2.50 bits per heavy atom. The van der Waals surface area contributed by atoms with Crippen molar-refractivity contribution in [3.8, 4) is 0 Å².